The number of aliphatic hydroxyl groups excluding tert-OH is 1. The van der Waals surface area contributed by atoms with Crippen LogP contribution in [0.15, 0.2) is 0 Å². The smallest absolute Gasteiger partial charge is 0.408 e. The van der Waals surface area contributed by atoms with Gasteiger partial charge in [0.1, 0.15) is 5.60 Å². The summed E-state index contributed by atoms with van der Waals surface area (Å²) >= 11 is 5.10. The molecule has 1 amide bonds. The summed E-state index contributed by atoms with van der Waals surface area (Å²) in [5, 5.41) is 21.1. The molecule has 7 nitrogen and oxygen atoms in total. The van der Waals surface area contributed by atoms with Crippen LogP contribution in [0.25, 0.3) is 0 Å². The Morgan fingerprint density at radius 2 is 2.05 bits per heavy atom. The first-order chi connectivity index (χ1) is 9.11. The lowest BCUT2D eigenvalue weighted by molar-refractivity contribution is -0.143. The predicted molar refractivity (Wildman–Crippen MR) is 75.6 cm³/mol. The van der Waals surface area contributed by atoms with Gasteiger partial charge >= 0.3 is 12.1 Å². The van der Waals surface area contributed by atoms with Crippen molar-refractivity contribution < 1.29 is 24.5 Å². The van der Waals surface area contributed by atoms with Gasteiger partial charge < -0.3 is 25.2 Å². The van der Waals surface area contributed by atoms with Gasteiger partial charge in [-0.2, -0.15) is 0 Å². The highest BCUT2D eigenvalue weighted by molar-refractivity contribution is 7.80. The molecule has 0 aromatic rings. The lowest BCUT2D eigenvalue weighted by Crippen LogP contribution is -2.48. The highest BCUT2D eigenvalue weighted by atomic mass is 32.1. The number of hydrogen-bond donors (Lipinski definition) is 3. The van der Waals surface area contributed by atoms with Crippen molar-refractivity contribution in [3.05, 3.63) is 0 Å². The first kappa shape index (κ1) is 16.6. The Morgan fingerprint density at radius 3 is 2.55 bits per heavy atom. The molecule has 0 aromatic carbocycles. The molecule has 3 N–H and O–H groups in total. The Kier molecular flexibility index (Phi) is 5.29. The maximum absolute atomic E-state index is 11.5. The highest BCUT2D eigenvalue weighted by Crippen LogP contribution is 2.19. The molecular formula is C12H20N2O5S. The molecule has 0 radical (unpaired) electrons. The lowest BCUT2D eigenvalue weighted by Gasteiger charge is -2.26. The maximum Gasteiger partial charge on any atom is 0.408 e. The van der Waals surface area contributed by atoms with Crippen molar-refractivity contribution in [2.45, 2.75) is 44.9 Å². The second kappa shape index (κ2) is 6.36. The number of carbonyl (C=O) groups is 2. The Labute approximate surface area is 122 Å². The summed E-state index contributed by atoms with van der Waals surface area (Å²) < 4.78 is 5.05. The standard InChI is InChI=1S/C12H20N2O5S/c1-12(2,3)19-11(18)13-6-8(20)14-5-4-7(15)9(14)10(16)17/h7,9,15H,4-6H2,1-3H3,(H,13,18)(H,16,17). The van der Waals surface area contributed by atoms with Crippen LogP contribution in [0, 0.1) is 0 Å². The number of carbonyl (C=O) groups excluding carboxylic acids is 1. The summed E-state index contributed by atoms with van der Waals surface area (Å²) in [6.45, 7) is 5.57. The average molecular weight is 304 g/mol. The molecule has 1 saturated heterocycles. The second-order valence-corrected chi connectivity index (χ2v) is 6.05. The quantitative estimate of drug-likeness (QED) is 0.647. The largest absolute Gasteiger partial charge is 0.480 e. The minimum absolute atomic E-state index is 0.000741. The molecule has 2 unspecified atom stereocenters. The predicted octanol–water partition coefficient (Wildman–Crippen LogP) is 0.358. The van der Waals surface area contributed by atoms with Gasteiger partial charge in [-0.15, -0.1) is 0 Å². The van der Waals surface area contributed by atoms with Gasteiger partial charge in [-0.25, -0.2) is 9.59 Å². The molecule has 2 atom stereocenters. The van der Waals surface area contributed by atoms with E-state index >= 15 is 0 Å². The van der Waals surface area contributed by atoms with E-state index in [-0.39, 0.29) is 11.5 Å². The fraction of sp³-hybridized carbons (Fsp3) is 0.750. The van der Waals surface area contributed by atoms with Crippen molar-refractivity contribution >= 4 is 29.3 Å². The summed E-state index contributed by atoms with van der Waals surface area (Å²) in [6, 6.07) is -1.05. The molecule has 1 heterocycles. The SMILES string of the molecule is CC(C)(C)OC(=O)NCC(=S)N1CCC(O)C1C(=O)O. The van der Waals surface area contributed by atoms with Gasteiger partial charge in [0.05, 0.1) is 17.6 Å². The maximum atomic E-state index is 11.5. The number of carboxylic acids is 1. The fourth-order valence-corrected chi connectivity index (χ4v) is 2.19. The van der Waals surface area contributed by atoms with Crippen LogP contribution in [0.4, 0.5) is 4.79 Å². The minimum atomic E-state index is -1.13. The van der Waals surface area contributed by atoms with Gasteiger partial charge in [0.15, 0.2) is 6.04 Å². The zero-order valence-corrected chi connectivity index (χ0v) is 12.6. The molecule has 0 spiro atoms. The molecule has 8 heteroatoms. The molecular weight excluding hydrogens is 284 g/mol. The zero-order chi connectivity index (χ0) is 15.5. The Morgan fingerprint density at radius 1 is 1.45 bits per heavy atom. The van der Waals surface area contributed by atoms with Crippen LogP contribution in [-0.4, -0.2) is 63.0 Å². The van der Waals surface area contributed by atoms with E-state index in [1.807, 2.05) is 0 Å². The van der Waals surface area contributed by atoms with Crippen molar-refractivity contribution in [1.29, 1.82) is 0 Å². The van der Waals surface area contributed by atoms with Crippen LogP contribution in [-0.2, 0) is 9.53 Å². The van der Waals surface area contributed by atoms with Gasteiger partial charge in [0.25, 0.3) is 0 Å². The molecule has 0 aromatic heterocycles. The molecule has 1 aliphatic heterocycles. The van der Waals surface area contributed by atoms with Crippen molar-refractivity contribution in [2.75, 3.05) is 13.1 Å². The number of likely N-dealkylation sites (tertiary alicyclic amines) is 1. The monoisotopic (exact) mass is 304 g/mol. The number of nitrogens with one attached hydrogen (secondary N) is 1. The van der Waals surface area contributed by atoms with Crippen molar-refractivity contribution in [1.82, 2.24) is 10.2 Å². The topological polar surface area (TPSA) is 99.1 Å². The van der Waals surface area contributed by atoms with Crippen LogP contribution in [0.2, 0.25) is 0 Å². The van der Waals surface area contributed by atoms with Crippen molar-refractivity contribution in [3.63, 3.8) is 0 Å². The number of rotatable bonds is 3. The van der Waals surface area contributed by atoms with Crippen molar-refractivity contribution in [3.8, 4) is 0 Å². The van der Waals surface area contributed by atoms with E-state index in [0.29, 0.717) is 13.0 Å². The third-order valence-electron chi connectivity index (χ3n) is 2.72. The van der Waals surface area contributed by atoms with E-state index in [1.165, 1.54) is 4.90 Å². The first-order valence-corrected chi connectivity index (χ1v) is 6.70. The minimum Gasteiger partial charge on any atom is -0.480 e. The van der Waals surface area contributed by atoms with Gasteiger partial charge in [0, 0.05) is 6.54 Å². The van der Waals surface area contributed by atoms with Crippen LogP contribution < -0.4 is 5.32 Å². The Balaban J connectivity index is 2.51. The van der Waals surface area contributed by atoms with E-state index < -0.39 is 29.8 Å². The van der Waals surface area contributed by atoms with E-state index in [9.17, 15) is 14.7 Å². The van der Waals surface area contributed by atoms with Crippen LogP contribution in [0.3, 0.4) is 0 Å². The number of thiocarbonyl (C=S) groups is 1. The fourth-order valence-electron chi connectivity index (χ4n) is 1.92. The Hall–Kier alpha value is -1.41. The van der Waals surface area contributed by atoms with Gasteiger partial charge in [0.2, 0.25) is 0 Å². The number of aliphatic carboxylic acids is 1. The number of nitrogens with zero attached hydrogens (tertiary/aromatic N) is 1. The molecule has 1 rings (SSSR count). The van der Waals surface area contributed by atoms with Crippen molar-refractivity contribution in [2.24, 2.45) is 0 Å². The molecule has 0 aliphatic carbocycles. The number of ether oxygens (including phenoxy) is 1. The van der Waals surface area contributed by atoms with Gasteiger partial charge in [-0.05, 0) is 27.2 Å². The molecule has 114 valence electrons. The third-order valence-corrected chi connectivity index (χ3v) is 3.10. The van der Waals surface area contributed by atoms with E-state index in [0.717, 1.165) is 0 Å². The van der Waals surface area contributed by atoms with Crippen LogP contribution in [0.1, 0.15) is 27.2 Å². The van der Waals surface area contributed by atoms with E-state index in [4.69, 9.17) is 22.1 Å². The van der Waals surface area contributed by atoms with Crippen LogP contribution in [0.5, 0.6) is 0 Å². The first-order valence-electron chi connectivity index (χ1n) is 6.29. The zero-order valence-electron chi connectivity index (χ0n) is 11.8. The molecule has 0 saturated carbocycles. The number of hydrogen-bond acceptors (Lipinski definition) is 5. The number of aliphatic hydroxyl groups is 1. The van der Waals surface area contributed by atoms with Gasteiger partial charge in [-0.3, -0.25) is 0 Å². The third kappa shape index (κ3) is 4.61. The lowest BCUT2D eigenvalue weighted by atomic mass is 10.2. The second-order valence-electron chi connectivity index (χ2n) is 5.58. The number of carboxylic acid groups (broad SMARTS) is 1. The average Bonchev–Trinajstić information content (AvgIpc) is 2.65. The Bertz CT molecular complexity index is 407. The molecule has 20 heavy (non-hydrogen) atoms. The van der Waals surface area contributed by atoms with E-state index in [2.05, 4.69) is 5.32 Å². The normalized spacial score (nSPS) is 22.5. The summed E-state index contributed by atoms with van der Waals surface area (Å²) in [5.74, 6) is -1.13. The van der Waals surface area contributed by atoms with Crippen LogP contribution >= 0.6 is 12.2 Å². The number of alkyl carbamates (subject to hydrolysis) is 1. The summed E-state index contributed by atoms with van der Waals surface area (Å²) in [6.07, 6.45) is -1.23. The summed E-state index contributed by atoms with van der Waals surface area (Å²) in [4.78, 5) is 24.2. The highest BCUT2D eigenvalue weighted by Gasteiger charge is 2.39. The number of amides is 1. The summed E-state index contributed by atoms with van der Waals surface area (Å²) in [7, 11) is 0. The van der Waals surface area contributed by atoms with E-state index in [1.54, 1.807) is 20.8 Å². The molecule has 1 fully saturated rings. The van der Waals surface area contributed by atoms with Gasteiger partial charge in [-0.1, -0.05) is 12.2 Å². The molecule has 1 aliphatic rings. The summed E-state index contributed by atoms with van der Waals surface area (Å²) in [5.41, 5.74) is -0.612. The molecule has 0 bridgehead atoms.